The van der Waals surface area contributed by atoms with Crippen molar-refractivity contribution in [3.63, 3.8) is 0 Å². The van der Waals surface area contributed by atoms with Gasteiger partial charge in [0.25, 0.3) is 0 Å². The zero-order valence-corrected chi connectivity index (χ0v) is 15.0. The van der Waals surface area contributed by atoms with Crippen molar-refractivity contribution in [3.05, 3.63) is 29.8 Å². The molecule has 0 spiro atoms. The lowest BCUT2D eigenvalue weighted by Crippen LogP contribution is -2.41. The predicted molar refractivity (Wildman–Crippen MR) is 88.7 cm³/mol. The summed E-state index contributed by atoms with van der Waals surface area (Å²) in [5.41, 5.74) is 0.895. The van der Waals surface area contributed by atoms with Crippen LogP contribution in [-0.4, -0.2) is 45.6 Å². The number of nitrogens with one attached hydrogen (secondary N) is 1. The number of likely N-dealkylation sites (tertiary alicyclic amines) is 1. The minimum atomic E-state index is -4.69. The molecule has 1 aliphatic heterocycles. The molecule has 1 heterocycles. The number of benzene rings is 1. The molecule has 0 amide bonds. The molecule has 9 heteroatoms. The van der Waals surface area contributed by atoms with Gasteiger partial charge in [-0.3, -0.25) is 4.90 Å². The number of sulfonamides is 1. The van der Waals surface area contributed by atoms with Crippen molar-refractivity contribution in [2.75, 3.05) is 25.9 Å². The third-order valence-corrected chi connectivity index (χ3v) is 5.02. The summed E-state index contributed by atoms with van der Waals surface area (Å²) in [5, 5.41) is 0. The second kappa shape index (κ2) is 7.92. The number of alkyl halides is 3. The van der Waals surface area contributed by atoms with Crippen LogP contribution in [0.15, 0.2) is 24.3 Å². The Balaban J connectivity index is 1.96. The number of hydrogen-bond donors (Lipinski definition) is 1. The number of hydrogen-bond acceptors (Lipinski definition) is 4. The standard InChI is InChI=1S/C16H23F3N2O3S/c1-12(14-5-7-15(8-6-14)24-16(17,18)19)21-9-3-4-13(11-21)10-20-25(2,22)23/h5-8,12-13,20H,3-4,9-11H2,1-2H3/t12-,13+/m0/s1. The molecule has 0 saturated carbocycles. The summed E-state index contributed by atoms with van der Waals surface area (Å²) < 4.78 is 65.5. The van der Waals surface area contributed by atoms with E-state index in [4.69, 9.17) is 0 Å². The molecule has 25 heavy (non-hydrogen) atoms. The normalized spacial score (nSPS) is 21.1. The molecule has 1 aromatic rings. The summed E-state index contributed by atoms with van der Waals surface area (Å²) in [4.78, 5) is 2.22. The monoisotopic (exact) mass is 380 g/mol. The van der Waals surface area contributed by atoms with Crippen LogP contribution >= 0.6 is 0 Å². The molecule has 1 saturated heterocycles. The van der Waals surface area contributed by atoms with Crippen LogP contribution in [-0.2, 0) is 10.0 Å². The molecule has 2 atom stereocenters. The average molecular weight is 380 g/mol. The second-order valence-corrected chi connectivity index (χ2v) is 8.25. The van der Waals surface area contributed by atoms with Crippen molar-refractivity contribution in [2.45, 2.75) is 32.2 Å². The van der Waals surface area contributed by atoms with Gasteiger partial charge in [-0.25, -0.2) is 13.1 Å². The molecule has 1 aromatic carbocycles. The molecule has 0 aliphatic carbocycles. The molecule has 1 N–H and O–H groups in total. The van der Waals surface area contributed by atoms with E-state index in [1.165, 1.54) is 12.1 Å². The van der Waals surface area contributed by atoms with Crippen LogP contribution < -0.4 is 9.46 Å². The molecule has 1 aliphatic rings. The Bertz CT molecular complexity index is 662. The highest BCUT2D eigenvalue weighted by Gasteiger charge is 2.31. The minimum Gasteiger partial charge on any atom is -0.406 e. The zero-order chi connectivity index (χ0) is 18.7. The van der Waals surface area contributed by atoms with Crippen molar-refractivity contribution in [1.82, 2.24) is 9.62 Å². The van der Waals surface area contributed by atoms with Gasteiger partial charge in [-0.05, 0) is 49.9 Å². The molecular weight excluding hydrogens is 357 g/mol. The molecule has 142 valence electrons. The van der Waals surface area contributed by atoms with E-state index in [1.807, 2.05) is 6.92 Å². The maximum atomic E-state index is 12.2. The van der Waals surface area contributed by atoms with Crippen LogP contribution in [0.5, 0.6) is 5.75 Å². The Morgan fingerprint density at radius 3 is 2.52 bits per heavy atom. The fraction of sp³-hybridized carbons (Fsp3) is 0.625. The Morgan fingerprint density at radius 1 is 1.32 bits per heavy atom. The minimum absolute atomic E-state index is 0.0287. The summed E-state index contributed by atoms with van der Waals surface area (Å²) in [7, 11) is -3.21. The Hall–Kier alpha value is -1.32. The largest absolute Gasteiger partial charge is 0.573 e. The first-order valence-electron chi connectivity index (χ1n) is 8.08. The van der Waals surface area contributed by atoms with Gasteiger partial charge >= 0.3 is 6.36 Å². The highest BCUT2D eigenvalue weighted by atomic mass is 32.2. The van der Waals surface area contributed by atoms with Gasteiger partial charge in [0.15, 0.2) is 0 Å². The molecule has 0 radical (unpaired) electrons. The van der Waals surface area contributed by atoms with E-state index in [1.54, 1.807) is 12.1 Å². The molecule has 5 nitrogen and oxygen atoms in total. The third kappa shape index (κ3) is 6.83. The molecule has 0 unspecified atom stereocenters. The van der Waals surface area contributed by atoms with E-state index in [0.29, 0.717) is 6.54 Å². The average Bonchev–Trinajstić information content (AvgIpc) is 2.51. The van der Waals surface area contributed by atoms with Crippen LogP contribution in [0.4, 0.5) is 13.2 Å². The summed E-state index contributed by atoms with van der Waals surface area (Å²) >= 11 is 0. The first kappa shape index (κ1) is 20.0. The van der Waals surface area contributed by atoms with Gasteiger partial charge in [0.1, 0.15) is 5.75 Å². The van der Waals surface area contributed by atoms with Crippen LogP contribution in [0.1, 0.15) is 31.4 Å². The highest BCUT2D eigenvalue weighted by molar-refractivity contribution is 7.88. The molecule has 1 fully saturated rings. The SMILES string of the molecule is C[C@@H](c1ccc(OC(F)(F)F)cc1)N1CCC[C@H](CNS(C)(=O)=O)C1. The second-order valence-electron chi connectivity index (χ2n) is 6.42. The van der Waals surface area contributed by atoms with Crippen molar-refractivity contribution in [2.24, 2.45) is 5.92 Å². The van der Waals surface area contributed by atoms with E-state index in [0.717, 1.165) is 37.8 Å². The zero-order valence-electron chi connectivity index (χ0n) is 14.2. The van der Waals surface area contributed by atoms with E-state index in [9.17, 15) is 21.6 Å². The van der Waals surface area contributed by atoms with E-state index >= 15 is 0 Å². The van der Waals surface area contributed by atoms with Crippen LogP contribution in [0.3, 0.4) is 0 Å². The van der Waals surface area contributed by atoms with Crippen LogP contribution in [0.2, 0.25) is 0 Å². The van der Waals surface area contributed by atoms with Crippen molar-refractivity contribution in [1.29, 1.82) is 0 Å². The van der Waals surface area contributed by atoms with Gasteiger partial charge in [-0.2, -0.15) is 0 Å². The maximum absolute atomic E-state index is 12.2. The van der Waals surface area contributed by atoms with E-state index in [2.05, 4.69) is 14.4 Å². The van der Waals surface area contributed by atoms with Crippen molar-refractivity contribution in [3.8, 4) is 5.75 Å². The van der Waals surface area contributed by atoms with E-state index in [-0.39, 0.29) is 17.7 Å². The maximum Gasteiger partial charge on any atom is 0.573 e. The van der Waals surface area contributed by atoms with Crippen molar-refractivity contribution >= 4 is 10.0 Å². The summed E-state index contributed by atoms with van der Waals surface area (Å²) in [6, 6.07) is 5.91. The van der Waals surface area contributed by atoms with Gasteiger partial charge < -0.3 is 4.74 Å². The topological polar surface area (TPSA) is 58.6 Å². The number of nitrogens with zero attached hydrogens (tertiary/aromatic N) is 1. The first-order chi connectivity index (χ1) is 11.5. The first-order valence-corrected chi connectivity index (χ1v) is 9.97. The summed E-state index contributed by atoms with van der Waals surface area (Å²) in [6.45, 7) is 4.01. The van der Waals surface area contributed by atoms with Crippen molar-refractivity contribution < 1.29 is 26.3 Å². The fourth-order valence-corrected chi connectivity index (χ4v) is 3.58. The quantitative estimate of drug-likeness (QED) is 0.825. The van der Waals surface area contributed by atoms with Crippen LogP contribution in [0, 0.1) is 5.92 Å². The number of halogens is 3. The lowest BCUT2D eigenvalue weighted by atomic mass is 9.95. The molecule has 0 bridgehead atoms. The van der Waals surface area contributed by atoms with Gasteiger partial charge in [0.05, 0.1) is 6.26 Å². The predicted octanol–water partition coefficient (Wildman–Crippen LogP) is 2.91. The third-order valence-electron chi connectivity index (χ3n) is 4.33. The molecule has 2 rings (SSSR count). The smallest absolute Gasteiger partial charge is 0.406 e. The summed E-state index contributed by atoms with van der Waals surface area (Å²) in [6.07, 6.45) is -1.65. The Morgan fingerprint density at radius 2 is 1.96 bits per heavy atom. The van der Waals surface area contributed by atoms with Gasteiger partial charge in [0.2, 0.25) is 10.0 Å². The Labute approximate surface area is 146 Å². The number of piperidine rings is 1. The lowest BCUT2D eigenvalue weighted by Gasteiger charge is -2.37. The molecule has 0 aromatic heterocycles. The number of rotatable bonds is 6. The lowest BCUT2D eigenvalue weighted by molar-refractivity contribution is -0.274. The summed E-state index contributed by atoms with van der Waals surface area (Å²) in [5.74, 6) is -0.0175. The highest BCUT2D eigenvalue weighted by Crippen LogP contribution is 2.29. The number of ether oxygens (including phenoxy) is 1. The van der Waals surface area contributed by atoms with Gasteiger partial charge in [0, 0.05) is 19.1 Å². The molecular formula is C16H23F3N2O3S. The Kier molecular flexibility index (Phi) is 6.34. The van der Waals surface area contributed by atoms with Gasteiger partial charge in [-0.15, -0.1) is 13.2 Å². The van der Waals surface area contributed by atoms with E-state index < -0.39 is 16.4 Å². The van der Waals surface area contributed by atoms with Crippen LogP contribution in [0.25, 0.3) is 0 Å². The van der Waals surface area contributed by atoms with Gasteiger partial charge in [-0.1, -0.05) is 12.1 Å². The fourth-order valence-electron chi connectivity index (χ4n) is 3.04.